The fourth-order valence-corrected chi connectivity index (χ4v) is 3.68. The number of aryl methyl sites for hydroxylation is 1. The molecule has 1 heterocycles. The Morgan fingerprint density at radius 3 is 2.48 bits per heavy atom. The summed E-state index contributed by atoms with van der Waals surface area (Å²) in [4.78, 5) is 0.400. The molecule has 0 bridgehead atoms. The van der Waals surface area contributed by atoms with Crippen molar-refractivity contribution in [1.29, 1.82) is 0 Å². The standard InChI is InChI=1S/C15H14N4O2S2/c1-12-7-9-14(10-8-12)23(20,21)16-15-19(17-18-22-15)11-13-5-3-2-4-6-13/h2-10H,11H2,1H3/b16-15-. The topological polar surface area (TPSA) is 77.2 Å². The Bertz CT molecular complexity index is 958. The second kappa shape index (κ2) is 6.43. The first-order chi connectivity index (χ1) is 11.0. The Morgan fingerprint density at radius 1 is 1.09 bits per heavy atom. The van der Waals surface area contributed by atoms with Gasteiger partial charge < -0.3 is 0 Å². The number of benzene rings is 2. The molecule has 0 N–H and O–H groups in total. The quantitative estimate of drug-likeness (QED) is 0.724. The lowest BCUT2D eigenvalue weighted by Gasteiger charge is -2.01. The highest BCUT2D eigenvalue weighted by atomic mass is 32.2. The molecular formula is C15H14N4O2S2. The van der Waals surface area contributed by atoms with Crippen LogP contribution < -0.4 is 4.80 Å². The average molecular weight is 346 g/mol. The highest BCUT2D eigenvalue weighted by Gasteiger charge is 2.13. The summed E-state index contributed by atoms with van der Waals surface area (Å²) in [5.41, 5.74) is 1.98. The van der Waals surface area contributed by atoms with Crippen molar-refractivity contribution in [3.63, 3.8) is 0 Å². The van der Waals surface area contributed by atoms with Gasteiger partial charge in [0.2, 0.25) is 4.80 Å². The lowest BCUT2D eigenvalue weighted by molar-refractivity contribution is 0.590. The van der Waals surface area contributed by atoms with Crippen LogP contribution in [-0.2, 0) is 16.6 Å². The van der Waals surface area contributed by atoms with Gasteiger partial charge >= 0.3 is 0 Å². The van der Waals surface area contributed by atoms with Gasteiger partial charge in [-0.1, -0.05) is 57.7 Å². The molecule has 0 radical (unpaired) electrons. The van der Waals surface area contributed by atoms with Gasteiger partial charge in [-0.2, -0.15) is 8.42 Å². The van der Waals surface area contributed by atoms with E-state index in [9.17, 15) is 8.42 Å². The number of aromatic nitrogens is 3. The Labute approximate surface area is 138 Å². The lowest BCUT2D eigenvalue weighted by atomic mass is 10.2. The zero-order valence-corrected chi connectivity index (χ0v) is 14.0. The average Bonchev–Trinajstić information content (AvgIpc) is 2.95. The highest BCUT2D eigenvalue weighted by molar-refractivity contribution is 7.90. The molecule has 0 fully saturated rings. The van der Waals surface area contributed by atoms with Crippen molar-refractivity contribution in [3.05, 3.63) is 70.5 Å². The van der Waals surface area contributed by atoms with Crippen LogP contribution in [-0.4, -0.2) is 22.8 Å². The molecule has 2 aromatic carbocycles. The summed E-state index contributed by atoms with van der Waals surface area (Å²) in [6.45, 7) is 2.31. The molecule has 0 aliphatic rings. The second-order valence-corrected chi connectivity index (χ2v) is 7.28. The van der Waals surface area contributed by atoms with Crippen LogP contribution in [0.5, 0.6) is 0 Å². The van der Waals surface area contributed by atoms with Crippen molar-refractivity contribution in [3.8, 4) is 0 Å². The molecule has 0 aliphatic heterocycles. The SMILES string of the molecule is Cc1ccc(S(=O)(=O)/N=c2\snnn2Cc2ccccc2)cc1. The van der Waals surface area contributed by atoms with Crippen LogP contribution in [0.15, 0.2) is 63.9 Å². The van der Waals surface area contributed by atoms with Gasteiger partial charge in [0.05, 0.1) is 11.4 Å². The predicted octanol–water partition coefficient (Wildman–Crippen LogP) is 1.99. The number of hydrogen-bond donors (Lipinski definition) is 0. The van der Waals surface area contributed by atoms with Crippen LogP contribution in [0.25, 0.3) is 0 Å². The van der Waals surface area contributed by atoms with Crippen molar-refractivity contribution >= 4 is 21.6 Å². The molecule has 0 saturated carbocycles. The van der Waals surface area contributed by atoms with Crippen molar-refractivity contribution < 1.29 is 8.42 Å². The molecule has 0 atom stereocenters. The molecule has 0 amide bonds. The van der Waals surface area contributed by atoms with E-state index in [-0.39, 0.29) is 9.70 Å². The van der Waals surface area contributed by atoms with E-state index in [2.05, 4.69) is 14.1 Å². The van der Waals surface area contributed by atoms with Crippen LogP contribution in [0.1, 0.15) is 11.1 Å². The Morgan fingerprint density at radius 2 is 1.78 bits per heavy atom. The first-order valence-electron chi connectivity index (χ1n) is 6.86. The first-order valence-corrected chi connectivity index (χ1v) is 9.07. The number of rotatable bonds is 4. The van der Waals surface area contributed by atoms with Crippen LogP contribution in [0.4, 0.5) is 0 Å². The van der Waals surface area contributed by atoms with E-state index in [0.29, 0.717) is 6.54 Å². The van der Waals surface area contributed by atoms with Crippen molar-refractivity contribution in [2.75, 3.05) is 0 Å². The molecule has 0 spiro atoms. The lowest BCUT2D eigenvalue weighted by Crippen LogP contribution is -2.19. The van der Waals surface area contributed by atoms with Crippen LogP contribution >= 0.6 is 11.5 Å². The molecule has 6 nitrogen and oxygen atoms in total. The number of nitrogens with zero attached hydrogens (tertiary/aromatic N) is 4. The monoisotopic (exact) mass is 346 g/mol. The van der Waals surface area contributed by atoms with Gasteiger partial charge in [0.15, 0.2) is 0 Å². The predicted molar refractivity (Wildman–Crippen MR) is 87.4 cm³/mol. The normalized spacial score (nSPS) is 12.5. The minimum absolute atomic E-state index is 0.155. The maximum absolute atomic E-state index is 12.4. The molecule has 8 heteroatoms. The van der Waals surface area contributed by atoms with Gasteiger partial charge in [-0.25, -0.2) is 4.68 Å². The van der Waals surface area contributed by atoms with Crippen molar-refractivity contribution in [1.82, 2.24) is 14.4 Å². The maximum Gasteiger partial charge on any atom is 0.285 e. The summed E-state index contributed by atoms with van der Waals surface area (Å²) in [5, 5.41) is 3.93. The molecule has 118 valence electrons. The van der Waals surface area contributed by atoms with Gasteiger partial charge in [-0.15, -0.1) is 4.40 Å². The van der Waals surface area contributed by atoms with Gasteiger partial charge in [0.1, 0.15) is 0 Å². The number of hydrogen-bond acceptors (Lipinski definition) is 5. The van der Waals surface area contributed by atoms with Gasteiger partial charge in [0.25, 0.3) is 10.0 Å². The van der Waals surface area contributed by atoms with E-state index in [1.54, 1.807) is 24.3 Å². The molecule has 0 unspecified atom stereocenters. The third-order valence-corrected chi connectivity index (χ3v) is 5.20. The zero-order chi connectivity index (χ0) is 16.3. The fourth-order valence-electron chi connectivity index (χ4n) is 1.97. The third-order valence-electron chi connectivity index (χ3n) is 3.18. The third kappa shape index (κ3) is 3.72. The van der Waals surface area contributed by atoms with Crippen LogP contribution in [0, 0.1) is 6.92 Å². The minimum atomic E-state index is -3.78. The van der Waals surface area contributed by atoms with Gasteiger partial charge in [0, 0.05) is 11.5 Å². The summed E-state index contributed by atoms with van der Waals surface area (Å²) in [7, 11) is -3.78. The molecule has 3 aromatic rings. The molecule has 0 saturated heterocycles. The smallest absolute Gasteiger partial charge is 0.213 e. The number of sulfonamides is 1. The molecule has 3 rings (SSSR count). The zero-order valence-electron chi connectivity index (χ0n) is 12.3. The first kappa shape index (κ1) is 15.6. The van der Waals surface area contributed by atoms with Crippen molar-refractivity contribution in [2.45, 2.75) is 18.4 Å². The van der Waals surface area contributed by atoms with E-state index in [0.717, 1.165) is 22.7 Å². The fraction of sp³-hybridized carbons (Fsp3) is 0.133. The Kier molecular flexibility index (Phi) is 4.35. The molecule has 1 aromatic heterocycles. The van der Waals surface area contributed by atoms with E-state index in [1.807, 2.05) is 37.3 Å². The summed E-state index contributed by atoms with van der Waals surface area (Å²) >= 11 is 0.949. The molecule has 0 aliphatic carbocycles. The molecule has 23 heavy (non-hydrogen) atoms. The van der Waals surface area contributed by atoms with Gasteiger partial charge in [-0.3, -0.25) is 0 Å². The van der Waals surface area contributed by atoms with Gasteiger partial charge in [-0.05, 0) is 24.6 Å². The summed E-state index contributed by atoms with van der Waals surface area (Å²) < 4.78 is 33.9. The van der Waals surface area contributed by atoms with E-state index in [4.69, 9.17) is 0 Å². The van der Waals surface area contributed by atoms with Crippen LogP contribution in [0.3, 0.4) is 0 Å². The summed E-state index contributed by atoms with van der Waals surface area (Å²) in [6, 6.07) is 16.2. The highest BCUT2D eigenvalue weighted by Crippen LogP contribution is 2.12. The Hall–Kier alpha value is -2.32. The summed E-state index contributed by atoms with van der Waals surface area (Å²) in [5.74, 6) is 0. The largest absolute Gasteiger partial charge is 0.285 e. The minimum Gasteiger partial charge on any atom is -0.213 e. The van der Waals surface area contributed by atoms with Crippen molar-refractivity contribution in [2.24, 2.45) is 4.40 Å². The van der Waals surface area contributed by atoms with E-state index < -0.39 is 10.0 Å². The van der Waals surface area contributed by atoms with E-state index in [1.165, 1.54) is 4.68 Å². The van der Waals surface area contributed by atoms with E-state index >= 15 is 0 Å². The second-order valence-electron chi connectivity index (χ2n) is 4.97. The van der Waals surface area contributed by atoms with Crippen LogP contribution in [0.2, 0.25) is 0 Å². The summed E-state index contributed by atoms with van der Waals surface area (Å²) in [6.07, 6.45) is 0. The molecular weight excluding hydrogens is 332 g/mol. The maximum atomic E-state index is 12.4. The Balaban J connectivity index is 1.97.